The molecule has 0 fully saturated rings. The summed E-state index contributed by atoms with van der Waals surface area (Å²) in [5, 5.41) is 8.23. The van der Waals surface area contributed by atoms with Crippen LogP contribution in [0.5, 0.6) is 0 Å². The molecule has 3 heterocycles. The Hall–Kier alpha value is -2.43. The van der Waals surface area contributed by atoms with E-state index in [9.17, 15) is 0 Å². The highest BCUT2D eigenvalue weighted by molar-refractivity contribution is 5.57. The van der Waals surface area contributed by atoms with Gasteiger partial charge < -0.3 is 5.73 Å². The summed E-state index contributed by atoms with van der Waals surface area (Å²) in [6.45, 7) is 1.95. The van der Waals surface area contributed by atoms with E-state index in [1.54, 1.807) is 12.3 Å². The van der Waals surface area contributed by atoms with Gasteiger partial charge in [-0.25, -0.2) is 4.98 Å². The number of hydrogen-bond acceptors (Lipinski definition) is 4. The van der Waals surface area contributed by atoms with E-state index in [0.717, 1.165) is 17.0 Å². The Morgan fingerprint density at radius 2 is 2.00 bits per heavy atom. The number of nitrogen functional groups attached to an aromatic ring is 1. The van der Waals surface area contributed by atoms with Crippen molar-refractivity contribution in [3.8, 4) is 11.5 Å². The van der Waals surface area contributed by atoms with E-state index in [1.165, 1.54) is 0 Å². The molecule has 5 nitrogen and oxygen atoms in total. The highest BCUT2D eigenvalue weighted by Crippen LogP contribution is 2.17. The number of rotatable bonds is 1. The second-order valence-electron chi connectivity index (χ2n) is 3.88. The predicted octanol–water partition coefficient (Wildman–Crippen LogP) is 1.68. The number of aryl methyl sites for hydroxylation is 1. The maximum Gasteiger partial charge on any atom is 0.187 e. The molecule has 17 heavy (non-hydrogen) atoms. The first-order chi connectivity index (χ1) is 8.24. The molecule has 0 aliphatic carbocycles. The van der Waals surface area contributed by atoms with Gasteiger partial charge in [-0.05, 0) is 31.2 Å². The third-order valence-electron chi connectivity index (χ3n) is 2.54. The summed E-state index contributed by atoms with van der Waals surface area (Å²) in [5.74, 6) is 0.705. The van der Waals surface area contributed by atoms with Crippen LogP contribution in [-0.2, 0) is 0 Å². The average molecular weight is 225 g/mol. The molecule has 0 amide bonds. The van der Waals surface area contributed by atoms with E-state index in [0.29, 0.717) is 11.5 Å². The number of pyridine rings is 2. The molecule has 0 saturated heterocycles. The fourth-order valence-electron chi connectivity index (χ4n) is 1.75. The molecule has 0 aromatic carbocycles. The summed E-state index contributed by atoms with van der Waals surface area (Å²) in [5.41, 5.74) is 8.94. The molecular weight excluding hydrogens is 214 g/mol. The van der Waals surface area contributed by atoms with Crippen molar-refractivity contribution < 1.29 is 0 Å². The molecule has 84 valence electrons. The van der Waals surface area contributed by atoms with Gasteiger partial charge in [0.2, 0.25) is 0 Å². The molecule has 0 unspecified atom stereocenters. The molecule has 0 atom stereocenters. The van der Waals surface area contributed by atoms with Crippen LogP contribution < -0.4 is 5.73 Å². The summed E-state index contributed by atoms with van der Waals surface area (Å²) in [6.07, 6.45) is 1.80. The van der Waals surface area contributed by atoms with Crippen molar-refractivity contribution in [2.75, 3.05) is 5.73 Å². The fraction of sp³-hybridized carbons (Fsp3) is 0.0833. The number of fused-ring (bicyclic) bond motifs is 1. The van der Waals surface area contributed by atoms with E-state index >= 15 is 0 Å². The van der Waals surface area contributed by atoms with Crippen molar-refractivity contribution >= 4 is 11.3 Å². The Bertz CT molecular complexity index is 686. The second kappa shape index (κ2) is 3.55. The lowest BCUT2D eigenvalue weighted by molar-refractivity contribution is 1.08. The van der Waals surface area contributed by atoms with Crippen molar-refractivity contribution in [1.29, 1.82) is 0 Å². The topological polar surface area (TPSA) is 69.1 Å². The van der Waals surface area contributed by atoms with E-state index < -0.39 is 0 Å². The van der Waals surface area contributed by atoms with Gasteiger partial charge in [-0.15, -0.1) is 10.2 Å². The molecule has 5 heteroatoms. The highest BCUT2D eigenvalue weighted by Gasteiger charge is 2.09. The Balaban J connectivity index is 2.27. The highest BCUT2D eigenvalue weighted by atomic mass is 15.3. The van der Waals surface area contributed by atoms with Crippen LogP contribution in [0.1, 0.15) is 5.69 Å². The molecular formula is C12H11N5. The van der Waals surface area contributed by atoms with E-state index in [2.05, 4.69) is 15.2 Å². The Labute approximate surface area is 97.9 Å². The minimum atomic E-state index is 0.672. The molecule has 0 aliphatic heterocycles. The normalized spacial score (nSPS) is 10.9. The van der Waals surface area contributed by atoms with E-state index in [4.69, 9.17) is 5.73 Å². The number of nitrogens with two attached hydrogens (primary N) is 1. The lowest BCUT2D eigenvalue weighted by Crippen LogP contribution is -1.95. The predicted molar refractivity (Wildman–Crippen MR) is 65.4 cm³/mol. The van der Waals surface area contributed by atoms with Crippen LogP contribution in [0.3, 0.4) is 0 Å². The van der Waals surface area contributed by atoms with Crippen LogP contribution in [0, 0.1) is 6.92 Å². The molecule has 0 saturated carbocycles. The lowest BCUT2D eigenvalue weighted by Gasteiger charge is -2.01. The SMILES string of the molecule is Cc1cccc(-c2nnc3ccc(N)cn23)n1. The number of aromatic nitrogens is 4. The first-order valence-corrected chi connectivity index (χ1v) is 5.28. The summed E-state index contributed by atoms with van der Waals surface area (Å²) in [4.78, 5) is 4.43. The van der Waals surface area contributed by atoms with Crippen LogP contribution >= 0.6 is 0 Å². The van der Waals surface area contributed by atoms with Crippen molar-refractivity contribution in [2.45, 2.75) is 6.92 Å². The largest absolute Gasteiger partial charge is 0.398 e. The quantitative estimate of drug-likeness (QED) is 0.684. The lowest BCUT2D eigenvalue weighted by atomic mass is 10.3. The summed E-state index contributed by atoms with van der Waals surface area (Å²) < 4.78 is 1.84. The van der Waals surface area contributed by atoms with Gasteiger partial charge in [0.1, 0.15) is 5.69 Å². The first kappa shape index (κ1) is 9.77. The van der Waals surface area contributed by atoms with Crippen LogP contribution in [0.15, 0.2) is 36.5 Å². The van der Waals surface area contributed by atoms with Crippen molar-refractivity contribution in [1.82, 2.24) is 19.6 Å². The zero-order chi connectivity index (χ0) is 11.8. The number of nitrogens with zero attached hydrogens (tertiary/aromatic N) is 4. The van der Waals surface area contributed by atoms with E-state index in [-0.39, 0.29) is 0 Å². The molecule has 0 aliphatic rings. The van der Waals surface area contributed by atoms with Gasteiger partial charge in [0.05, 0.1) is 0 Å². The third-order valence-corrected chi connectivity index (χ3v) is 2.54. The summed E-state index contributed by atoms with van der Waals surface area (Å²) >= 11 is 0. The standard InChI is InChI=1S/C12H11N5/c1-8-3-2-4-10(14-8)12-16-15-11-6-5-9(13)7-17(11)12/h2-7H,13H2,1H3. The minimum absolute atomic E-state index is 0.672. The van der Waals surface area contributed by atoms with Crippen LogP contribution in [0.25, 0.3) is 17.2 Å². The third kappa shape index (κ3) is 1.61. The molecule has 0 spiro atoms. The van der Waals surface area contributed by atoms with Gasteiger partial charge in [0, 0.05) is 17.6 Å². The first-order valence-electron chi connectivity index (χ1n) is 5.28. The Morgan fingerprint density at radius 3 is 2.82 bits per heavy atom. The van der Waals surface area contributed by atoms with Crippen LogP contribution in [0.4, 0.5) is 5.69 Å². The summed E-state index contributed by atoms with van der Waals surface area (Å²) in [6, 6.07) is 9.44. The van der Waals surface area contributed by atoms with Crippen LogP contribution in [-0.4, -0.2) is 19.6 Å². The van der Waals surface area contributed by atoms with Gasteiger partial charge in [-0.2, -0.15) is 0 Å². The Kier molecular flexibility index (Phi) is 2.04. The maximum absolute atomic E-state index is 5.76. The van der Waals surface area contributed by atoms with E-state index in [1.807, 2.05) is 35.6 Å². The summed E-state index contributed by atoms with van der Waals surface area (Å²) in [7, 11) is 0. The van der Waals surface area contributed by atoms with Gasteiger partial charge in [-0.3, -0.25) is 4.40 Å². The second-order valence-corrected chi connectivity index (χ2v) is 3.88. The van der Waals surface area contributed by atoms with Crippen LogP contribution in [0.2, 0.25) is 0 Å². The molecule has 0 radical (unpaired) electrons. The van der Waals surface area contributed by atoms with Gasteiger partial charge >= 0.3 is 0 Å². The molecule has 3 aromatic rings. The molecule has 3 aromatic heterocycles. The molecule has 3 rings (SSSR count). The minimum Gasteiger partial charge on any atom is -0.398 e. The van der Waals surface area contributed by atoms with Crippen molar-refractivity contribution in [3.05, 3.63) is 42.2 Å². The fourth-order valence-corrected chi connectivity index (χ4v) is 1.75. The van der Waals surface area contributed by atoms with Crippen molar-refractivity contribution in [2.24, 2.45) is 0 Å². The number of hydrogen-bond donors (Lipinski definition) is 1. The van der Waals surface area contributed by atoms with Gasteiger partial charge in [-0.1, -0.05) is 6.07 Å². The average Bonchev–Trinajstić information content (AvgIpc) is 2.71. The number of anilines is 1. The maximum atomic E-state index is 5.76. The molecule has 0 bridgehead atoms. The van der Waals surface area contributed by atoms with Gasteiger partial charge in [0.15, 0.2) is 11.5 Å². The molecule has 2 N–H and O–H groups in total. The zero-order valence-corrected chi connectivity index (χ0v) is 9.33. The van der Waals surface area contributed by atoms with Crippen molar-refractivity contribution in [3.63, 3.8) is 0 Å². The smallest absolute Gasteiger partial charge is 0.187 e. The van der Waals surface area contributed by atoms with Gasteiger partial charge in [0.25, 0.3) is 0 Å². The zero-order valence-electron chi connectivity index (χ0n) is 9.33. The monoisotopic (exact) mass is 225 g/mol. The Morgan fingerprint density at radius 1 is 1.12 bits per heavy atom.